The number of furan rings is 1. The molecule has 0 aliphatic carbocycles. The fourth-order valence-electron chi connectivity index (χ4n) is 4.01. The summed E-state index contributed by atoms with van der Waals surface area (Å²) in [6, 6.07) is 8.76. The minimum absolute atomic E-state index is 0.0226. The largest absolute Gasteiger partial charge is 0.468 e. The lowest BCUT2D eigenvalue weighted by molar-refractivity contribution is 0.182. The Morgan fingerprint density at radius 3 is 3.12 bits per heavy atom. The minimum atomic E-state index is -0.220. The highest BCUT2D eigenvalue weighted by Gasteiger charge is 2.33. The number of imidazole rings is 1. The Hall–Kier alpha value is -2.86. The summed E-state index contributed by atoms with van der Waals surface area (Å²) in [6.45, 7) is 3.64. The summed E-state index contributed by atoms with van der Waals surface area (Å²) in [6.07, 6.45) is 4.37. The van der Waals surface area contributed by atoms with Crippen LogP contribution in [0.2, 0.25) is 0 Å². The number of aryl methyl sites for hydroxylation is 1. The number of hydrogen-bond donors (Lipinski definition) is 2. The molecular formula is C20H19FN4O. The molecule has 0 saturated heterocycles. The average Bonchev–Trinajstić information content (AvgIpc) is 3.36. The van der Waals surface area contributed by atoms with Crippen LogP contribution in [-0.4, -0.2) is 26.4 Å². The van der Waals surface area contributed by atoms with E-state index in [0.717, 1.165) is 52.3 Å². The highest BCUT2D eigenvalue weighted by molar-refractivity contribution is 5.84. The Morgan fingerprint density at radius 1 is 1.35 bits per heavy atom. The molecule has 1 aliphatic heterocycles. The highest BCUT2D eigenvalue weighted by atomic mass is 19.1. The van der Waals surface area contributed by atoms with Gasteiger partial charge in [0.1, 0.15) is 11.6 Å². The molecule has 0 unspecified atom stereocenters. The number of benzene rings is 1. The number of aromatic nitrogens is 3. The van der Waals surface area contributed by atoms with Gasteiger partial charge in [0.2, 0.25) is 0 Å². The molecular weight excluding hydrogens is 331 g/mol. The third kappa shape index (κ3) is 2.37. The highest BCUT2D eigenvalue weighted by Crippen LogP contribution is 2.37. The van der Waals surface area contributed by atoms with Crippen molar-refractivity contribution in [2.45, 2.75) is 25.9 Å². The van der Waals surface area contributed by atoms with Crippen LogP contribution in [0.25, 0.3) is 10.9 Å². The number of fused-ring (bicyclic) bond motifs is 2. The molecule has 0 saturated carbocycles. The maximum atomic E-state index is 13.7. The first-order valence-electron chi connectivity index (χ1n) is 8.77. The van der Waals surface area contributed by atoms with E-state index < -0.39 is 0 Å². The van der Waals surface area contributed by atoms with Crippen LogP contribution in [0.1, 0.15) is 34.4 Å². The van der Waals surface area contributed by atoms with Crippen molar-refractivity contribution in [3.63, 3.8) is 0 Å². The molecule has 3 aromatic heterocycles. The summed E-state index contributed by atoms with van der Waals surface area (Å²) in [7, 11) is 0. The SMILES string of the molecule is Cc1c([C@H]2c3nc[nH]c3CCN2Cc2ccco2)[nH]c2ccc(F)cc12. The van der Waals surface area contributed by atoms with Crippen LogP contribution in [-0.2, 0) is 13.0 Å². The Kier molecular flexibility index (Phi) is 3.46. The molecule has 26 heavy (non-hydrogen) atoms. The molecule has 5 nitrogen and oxygen atoms in total. The third-order valence-electron chi connectivity index (χ3n) is 5.30. The van der Waals surface area contributed by atoms with E-state index in [-0.39, 0.29) is 11.9 Å². The minimum Gasteiger partial charge on any atom is -0.468 e. The maximum absolute atomic E-state index is 13.7. The van der Waals surface area contributed by atoms with E-state index in [9.17, 15) is 4.39 Å². The first-order chi connectivity index (χ1) is 12.7. The zero-order valence-corrected chi connectivity index (χ0v) is 14.4. The van der Waals surface area contributed by atoms with Crippen LogP contribution in [0.4, 0.5) is 4.39 Å². The van der Waals surface area contributed by atoms with E-state index in [1.807, 2.05) is 19.1 Å². The smallest absolute Gasteiger partial charge is 0.123 e. The molecule has 0 amide bonds. The molecule has 4 aromatic rings. The lowest BCUT2D eigenvalue weighted by Crippen LogP contribution is -2.36. The topological polar surface area (TPSA) is 60.9 Å². The van der Waals surface area contributed by atoms with Gasteiger partial charge in [-0.05, 0) is 42.8 Å². The van der Waals surface area contributed by atoms with Crippen molar-refractivity contribution in [1.82, 2.24) is 19.9 Å². The van der Waals surface area contributed by atoms with Gasteiger partial charge in [-0.1, -0.05) is 0 Å². The van der Waals surface area contributed by atoms with Crippen molar-refractivity contribution in [1.29, 1.82) is 0 Å². The van der Waals surface area contributed by atoms with Crippen molar-refractivity contribution >= 4 is 10.9 Å². The second-order valence-electron chi connectivity index (χ2n) is 6.82. The van der Waals surface area contributed by atoms with E-state index in [2.05, 4.69) is 19.9 Å². The number of aromatic amines is 2. The van der Waals surface area contributed by atoms with Crippen molar-refractivity contribution in [2.75, 3.05) is 6.54 Å². The van der Waals surface area contributed by atoms with Gasteiger partial charge in [0.05, 0.1) is 30.9 Å². The predicted molar refractivity (Wildman–Crippen MR) is 96.2 cm³/mol. The molecule has 4 heterocycles. The molecule has 0 radical (unpaired) electrons. The predicted octanol–water partition coefficient (Wildman–Crippen LogP) is 4.08. The van der Waals surface area contributed by atoms with Crippen molar-refractivity contribution in [2.24, 2.45) is 0 Å². The van der Waals surface area contributed by atoms with Crippen LogP contribution in [0.15, 0.2) is 47.3 Å². The Bertz CT molecular complexity index is 1060. The first-order valence-corrected chi connectivity index (χ1v) is 8.77. The number of nitrogens with zero attached hydrogens (tertiary/aromatic N) is 2. The van der Waals surface area contributed by atoms with Gasteiger partial charge in [0.15, 0.2) is 0 Å². The lowest BCUT2D eigenvalue weighted by atomic mass is 9.97. The Labute approximate surface area is 149 Å². The summed E-state index contributed by atoms with van der Waals surface area (Å²) in [5, 5.41) is 0.917. The Morgan fingerprint density at radius 2 is 2.27 bits per heavy atom. The van der Waals surface area contributed by atoms with E-state index >= 15 is 0 Å². The quantitative estimate of drug-likeness (QED) is 0.585. The van der Waals surface area contributed by atoms with Gasteiger partial charge < -0.3 is 14.4 Å². The van der Waals surface area contributed by atoms with E-state index in [1.54, 1.807) is 24.7 Å². The summed E-state index contributed by atoms with van der Waals surface area (Å²) < 4.78 is 19.3. The molecule has 0 spiro atoms. The zero-order valence-electron chi connectivity index (χ0n) is 14.4. The van der Waals surface area contributed by atoms with Crippen LogP contribution < -0.4 is 0 Å². The normalized spacial score (nSPS) is 17.7. The van der Waals surface area contributed by atoms with E-state index in [0.29, 0.717) is 6.54 Å². The fourth-order valence-corrected chi connectivity index (χ4v) is 4.01. The van der Waals surface area contributed by atoms with Gasteiger partial charge >= 0.3 is 0 Å². The van der Waals surface area contributed by atoms with Gasteiger partial charge in [0, 0.05) is 35.3 Å². The van der Waals surface area contributed by atoms with Gasteiger partial charge in [-0.15, -0.1) is 0 Å². The number of H-pyrrole nitrogens is 2. The summed E-state index contributed by atoms with van der Waals surface area (Å²) in [4.78, 5) is 13.7. The molecule has 5 rings (SSSR count). The van der Waals surface area contributed by atoms with Gasteiger partial charge in [-0.3, -0.25) is 4.90 Å². The summed E-state index contributed by atoms with van der Waals surface area (Å²) >= 11 is 0. The molecule has 1 aromatic carbocycles. The van der Waals surface area contributed by atoms with Crippen LogP contribution in [0.5, 0.6) is 0 Å². The van der Waals surface area contributed by atoms with Gasteiger partial charge in [-0.25, -0.2) is 9.37 Å². The molecule has 1 atom stereocenters. The second-order valence-corrected chi connectivity index (χ2v) is 6.82. The number of nitrogens with one attached hydrogen (secondary N) is 2. The lowest BCUT2D eigenvalue weighted by Gasteiger charge is -2.34. The molecule has 132 valence electrons. The maximum Gasteiger partial charge on any atom is 0.123 e. The van der Waals surface area contributed by atoms with Gasteiger partial charge in [-0.2, -0.15) is 0 Å². The molecule has 0 bridgehead atoms. The van der Waals surface area contributed by atoms with Crippen LogP contribution in [0, 0.1) is 12.7 Å². The zero-order chi connectivity index (χ0) is 17.7. The first kappa shape index (κ1) is 15.4. The fraction of sp³-hybridized carbons (Fsp3) is 0.250. The standard InChI is InChI=1S/C20H19FN4O/c1-12-15-9-13(21)4-5-16(15)24-18(12)20-19-17(22-11-23-19)6-7-25(20)10-14-3-2-8-26-14/h2-5,8-9,11,20,24H,6-7,10H2,1H3,(H,22,23)/t20-/m0/s1. The molecule has 1 aliphatic rings. The summed E-state index contributed by atoms with van der Waals surface area (Å²) in [5.41, 5.74) is 5.25. The van der Waals surface area contributed by atoms with E-state index in [1.165, 1.54) is 6.07 Å². The number of halogens is 1. The third-order valence-corrected chi connectivity index (χ3v) is 5.30. The van der Waals surface area contributed by atoms with Crippen molar-refractivity contribution < 1.29 is 8.81 Å². The number of rotatable bonds is 3. The summed E-state index contributed by atoms with van der Waals surface area (Å²) in [5.74, 6) is 0.705. The van der Waals surface area contributed by atoms with Crippen molar-refractivity contribution in [3.8, 4) is 0 Å². The van der Waals surface area contributed by atoms with Gasteiger partial charge in [0.25, 0.3) is 0 Å². The molecule has 6 heteroatoms. The Balaban J connectivity index is 1.64. The molecule has 0 fully saturated rings. The van der Waals surface area contributed by atoms with Crippen molar-refractivity contribution in [3.05, 3.63) is 77.1 Å². The number of hydrogen-bond acceptors (Lipinski definition) is 3. The average molecular weight is 350 g/mol. The second kappa shape index (κ2) is 5.85. The van der Waals surface area contributed by atoms with E-state index in [4.69, 9.17) is 4.42 Å². The van der Waals surface area contributed by atoms with Crippen LogP contribution in [0.3, 0.4) is 0 Å². The molecule has 2 N–H and O–H groups in total. The monoisotopic (exact) mass is 350 g/mol. The van der Waals surface area contributed by atoms with Crippen LogP contribution >= 0.6 is 0 Å².